The van der Waals surface area contributed by atoms with E-state index in [-0.39, 0.29) is 18.6 Å². The van der Waals surface area contributed by atoms with Gasteiger partial charge in [-0.2, -0.15) is 0 Å². The van der Waals surface area contributed by atoms with Crippen LogP contribution in [0.3, 0.4) is 0 Å². The average Bonchev–Trinajstić information content (AvgIpc) is 3.27. The zero-order chi connectivity index (χ0) is 31.0. The molecule has 4 aromatic rings. The summed E-state index contributed by atoms with van der Waals surface area (Å²) in [6.45, 7) is -2.28. The Labute approximate surface area is 255 Å². The molecule has 1 atom stereocenters. The Hall–Kier alpha value is -4.41. The van der Waals surface area contributed by atoms with Gasteiger partial charge in [0.25, 0.3) is 0 Å². The van der Waals surface area contributed by atoms with E-state index in [1.165, 1.54) is 28.9 Å². The molecular formula is C32H31N4O6PS. The normalized spacial score (nSPS) is 17.9. The third-order valence-corrected chi connectivity index (χ3v) is 15.1. The van der Waals surface area contributed by atoms with E-state index >= 15 is 0 Å². The van der Waals surface area contributed by atoms with E-state index in [1.54, 1.807) is 12.2 Å². The first-order chi connectivity index (χ1) is 21.2. The zero-order valence-corrected chi connectivity index (χ0v) is 25.8. The maximum atomic E-state index is 14.3. The molecule has 6 rings (SSSR count). The number of benzene rings is 3. The molecule has 1 unspecified atom stereocenters. The minimum atomic E-state index is -4.96. The van der Waals surface area contributed by atoms with Gasteiger partial charge in [0, 0.05) is 0 Å². The molecule has 2 amide bonds. The number of hydrogen-bond donors (Lipinski definition) is 0. The van der Waals surface area contributed by atoms with Crippen molar-refractivity contribution in [2.45, 2.75) is 13.0 Å². The molecule has 226 valence electrons. The number of aromatic nitrogens is 2. The predicted octanol–water partition coefficient (Wildman–Crippen LogP) is 3.45. The number of amides is 2. The van der Waals surface area contributed by atoms with Crippen molar-refractivity contribution in [3.63, 3.8) is 0 Å². The van der Waals surface area contributed by atoms with Gasteiger partial charge in [-0.3, -0.25) is 0 Å². The van der Waals surface area contributed by atoms with Crippen LogP contribution < -0.4 is 21.5 Å². The molecule has 10 nitrogen and oxygen atoms in total. The standard InChI is InChI=1S/C32H31N4O6PS/c1-3-21-43(26-13-7-4-8-14-26,27-15-9-5-10-16-27,28-17-11-6-12-18-28)42-44(39,40)41-36-30-24-35(32(36)38)20-19-29(30)25-22-31(37)34(2)33-23-25/h3-19,21-23,30H,20,24H2,1-2H3. The number of hydrogen-bond acceptors (Lipinski definition) is 7. The molecule has 44 heavy (non-hydrogen) atoms. The van der Waals surface area contributed by atoms with Gasteiger partial charge in [0.2, 0.25) is 0 Å². The zero-order valence-electron chi connectivity index (χ0n) is 24.1. The number of carbonyl (C=O) groups is 1. The molecular weight excluding hydrogens is 599 g/mol. The predicted molar refractivity (Wildman–Crippen MR) is 171 cm³/mol. The van der Waals surface area contributed by atoms with Crippen molar-refractivity contribution in [1.82, 2.24) is 19.7 Å². The van der Waals surface area contributed by atoms with Crippen LogP contribution >= 0.6 is 6.83 Å². The molecule has 12 heteroatoms. The minimum absolute atomic E-state index is 0.171. The second-order valence-electron chi connectivity index (χ2n) is 10.5. The van der Waals surface area contributed by atoms with Gasteiger partial charge in [-0.05, 0) is 0 Å². The average molecular weight is 631 g/mol. The molecule has 0 saturated carbocycles. The van der Waals surface area contributed by atoms with E-state index in [0.717, 1.165) is 5.06 Å². The fourth-order valence-corrected chi connectivity index (χ4v) is 13.5. The summed E-state index contributed by atoms with van der Waals surface area (Å²) in [4.78, 5) is 27.3. The second kappa shape index (κ2) is 11.3. The molecule has 2 aliphatic rings. The van der Waals surface area contributed by atoms with Gasteiger partial charge in [-0.15, -0.1) is 0 Å². The van der Waals surface area contributed by atoms with Crippen molar-refractivity contribution in [2.75, 3.05) is 13.1 Å². The van der Waals surface area contributed by atoms with Gasteiger partial charge in [0.05, 0.1) is 0 Å². The molecule has 1 aromatic heterocycles. The quantitative estimate of drug-likeness (QED) is 0.261. The first kappa shape index (κ1) is 29.7. The van der Waals surface area contributed by atoms with Gasteiger partial charge < -0.3 is 0 Å². The van der Waals surface area contributed by atoms with Crippen LogP contribution in [0.2, 0.25) is 0 Å². The Morgan fingerprint density at radius 1 is 0.886 bits per heavy atom. The van der Waals surface area contributed by atoms with Crippen LogP contribution in [0, 0.1) is 0 Å². The van der Waals surface area contributed by atoms with Crippen molar-refractivity contribution in [2.24, 2.45) is 7.05 Å². The van der Waals surface area contributed by atoms with Crippen LogP contribution in [0.1, 0.15) is 12.5 Å². The molecule has 3 aromatic carbocycles. The second-order valence-corrected chi connectivity index (χ2v) is 16.2. The molecule has 1 saturated heterocycles. The molecule has 1 fully saturated rings. The summed E-state index contributed by atoms with van der Waals surface area (Å²) in [6, 6.07) is 27.6. The molecule has 2 aliphatic heterocycles. The summed E-state index contributed by atoms with van der Waals surface area (Å²) < 4.78 is 42.1. The van der Waals surface area contributed by atoms with Crippen molar-refractivity contribution in [3.05, 3.63) is 137 Å². The van der Waals surface area contributed by atoms with E-state index in [0.29, 0.717) is 27.1 Å². The van der Waals surface area contributed by atoms with Crippen LogP contribution in [0.25, 0.3) is 5.57 Å². The first-order valence-corrected chi connectivity index (χ1v) is 17.5. The number of nitrogens with zero attached hydrogens (tertiary/aromatic N) is 4. The SMILES string of the molecule is CC=CP(OS(=O)(=O)ON1C(=O)N2CC=C(c3cnn(C)c(=O)c3)C1C2)(c1ccccc1)(c1ccccc1)c1ccccc1. The van der Waals surface area contributed by atoms with Gasteiger partial charge in [0.15, 0.2) is 0 Å². The molecule has 0 spiro atoms. The molecule has 0 radical (unpaired) electrons. The van der Waals surface area contributed by atoms with Crippen molar-refractivity contribution in [1.29, 1.82) is 0 Å². The van der Waals surface area contributed by atoms with Gasteiger partial charge >= 0.3 is 256 Å². The number of hydroxylamine groups is 2. The summed E-state index contributed by atoms with van der Waals surface area (Å²) in [5, 5.41) is 6.80. The third kappa shape index (κ3) is 4.78. The molecule has 3 heterocycles. The van der Waals surface area contributed by atoms with E-state index < -0.39 is 29.3 Å². The molecule has 0 aliphatic carbocycles. The van der Waals surface area contributed by atoms with Crippen LogP contribution in [-0.2, 0) is 25.7 Å². The van der Waals surface area contributed by atoms with E-state index in [9.17, 15) is 18.0 Å². The summed E-state index contributed by atoms with van der Waals surface area (Å²) in [6.07, 6.45) is 5.06. The van der Waals surface area contributed by atoms with E-state index in [1.807, 2.05) is 104 Å². The Bertz CT molecular complexity index is 1830. The Kier molecular flexibility index (Phi) is 7.59. The van der Waals surface area contributed by atoms with Gasteiger partial charge in [-0.1, -0.05) is 0 Å². The topological polar surface area (TPSA) is 111 Å². The van der Waals surface area contributed by atoms with Crippen molar-refractivity contribution in [3.8, 4) is 0 Å². The Morgan fingerprint density at radius 2 is 1.43 bits per heavy atom. The Morgan fingerprint density at radius 3 is 1.93 bits per heavy atom. The van der Waals surface area contributed by atoms with Gasteiger partial charge in [-0.25, -0.2) is 0 Å². The molecule has 0 N–H and O–H groups in total. The summed E-state index contributed by atoms with van der Waals surface area (Å²) in [7, 11) is -3.43. The fraction of sp³-hybridized carbons (Fsp3) is 0.156. The summed E-state index contributed by atoms with van der Waals surface area (Å²) >= 11 is 0. The number of aryl methyl sites for hydroxylation is 1. The number of allylic oxidation sites excluding steroid dienone is 1. The first-order valence-electron chi connectivity index (χ1n) is 14.0. The van der Waals surface area contributed by atoms with Crippen molar-refractivity contribution >= 4 is 44.7 Å². The number of carbonyl (C=O) groups excluding carboxylic acids is 1. The number of urea groups is 1. The monoisotopic (exact) mass is 630 g/mol. The third-order valence-electron chi connectivity index (χ3n) is 7.99. The number of fused-ring (bicyclic) bond motifs is 2. The van der Waals surface area contributed by atoms with Crippen molar-refractivity contribution < 1.29 is 21.5 Å². The fourth-order valence-electron chi connectivity index (χ4n) is 5.99. The molecule has 2 bridgehead atoms. The van der Waals surface area contributed by atoms with Crippen LogP contribution in [0.5, 0.6) is 0 Å². The van der Waals surface area contributed by atoms with Gasteiger partial charge in [0.1, 0.15) is 0 Å². The summed E-state index contributed by atoms with van der Waals surface area (Å²) in [5.41, 5.74) is 0.703. The summed E-state index contributed by atoms with van der Waals surface area (Å²) in [5.74, 6) is 1.82. The van der Waals surface area contributed by atoms with E-state index in [2.05, 4.69) is 5.10 Å². The van der Waals surface area contributed by atoms with Crippen LogP contribution in [0.4, 0.5) is 4.79 Å². The van der Waals surface area contributed by atoms with Crippen LogP contribution in [-0.4, -0.2) is 53.3 Å². The number of rotatable bonds is 9. The maximum absolute atomic E-state index is 14.3. The Balaban J connectivity index is 1.50. The van der Waals surface area contributed by atoms with E-state index in [4.69, 9.17) is 8.25 Å². The van der Waals surface area contributed by atoms with Crippen LogP contribution in [0.15, 0.2) is 126 Å².